The minimum atomic E-state index is 0.193. The lowest BCUT2D eigenvalue weighted by Gasteiger charge is -2.07. The van der Waals surface area contributed by atoms with Crippen molar-refractivity contribution in [3.8, 4) is 5.88 Å². The van der Waals surface area contributed by atoms with Crippen molar-refractivity contribution in [2.75, 3.05) is 24.7 Å². The van der Waals surface area contributed by atoms with E-state index in [4.69, 9.17) is 10.5 Å². The summed E-state index contributed by atoms with van der Waals surface area (Å²) in [5.41, 5.74) is 6.73. The van der Waals surface area contributed by atoms with Gasteiger partial charge in [0.2, 0.25) is 11.8 Å². The second-order valence-corrected chi connectivity index (χ2v) is 3.69. The molecule has 0 aliphatic heterocycles. The molecule has 0 aromatic carbocycles. The van der Waals surface area contributed by atoms with Gasteiger partial charge in [-0.1, -0.05) is 6.07 Å². The summed E-state index contributed by atoms with van der Waals surface area (Å²) >= 11 is 0. The van der Waals surface area contributed by atoms with Crippen LogP contribution in [-0.2, 0) is 6.42 Å². The molecule has 0 aliphatic carbocycles. The monoisotopic (exact) mass is 245 g/mol. The lowest BCUT2D eigenvalue weighted by Crippen LogP contribution is -2.08. The smallest absolute Gasteiger partial charge is 0.225 e. The molecule has 0 radical (unpaired) electrons. The van der Waals surface area contributed by atoms with Crippen molar-refractivity contribution < 1.29 is 4.74 Å². The zero-order valence-corrected chi connectivity index (χ0v) is 10.1. The summed E-state index contributed by atoms with van der Waals surface area (Å²) in [6, 6.07) is 5.66. The van der Waals surface area contributed by atoms with Gasteiger partial charge >= 0.3 is 0 Å². The van der Waals surface area contributed by atoms with Crippen molar-refractivity contribution in [2.45, 2.75) is 6.42 Å². The molecule has 0 atom stereocenters. The Morgan fingerprint density at radius 2 is 2.28 bits per heavy atom. The van der Waals surface area contributed by atoms with Gasteiger partial charge in [0, 0.05) is 25.0 Å². The molecule has 18 heavy (non-hydrogen) atoms. The van der Waals surface area contributed by atoms with E-state index in [1.807, 2.05) is 18.3 Å². The molecule has 6 heteroatoms. The summed E-state index contributed by atoms with van der Waals surface area (Å²) in [5, 5.41) is 3.17. The molecule has 0 unspecified atom stereocenters. The van der Waals surface area contributed by atoms with Crippen LogP contribution in [0, 0.1) is 0 Å². The predicted molar refractivity (Wildman–Crippen MR) is 69.4 cm³/mol. The van der Waals surface area contributed by atoms with Crippen LogP contribution >= 0.6 is 0 Å². The number of hydrogen-bond acceptors (Lipinski definition) is 6. The first kappa shape index (κ1) is 12.1. The number of nitrogens with zero attached hydrogens (tertiary/aromatic N) is 3. The molecule has 3 N–H and O–H groups in total. The molecule has 0 amide bonds. The molecule has 0 saturated carbocycles. The van der Waals surface area contributed by atoms with Crippen molar-refractivity contribution >= 4 is 11.8 Å². The number of pyridine rings is 1. The summed E-state index contributed by atoms with van der Waals surface area (Å²) < 4.78 is 5.02. The van der Waals surface area contributed by atoms with Crippen molar-refractivity contribution in [3.05, 3.63) is 36.2 Å². The minimum absolute atomic E-state index is 0.193. The first-order chi connectivity index (χ1) is 8.78. The van der Waals surface area contributed by atoms with Gasteiger partial charge in [0.15, 0.2) is 0 Å². The zero-order chi connectivity index (χ0) is 12.8. The highest BCUT2D eigenvalue weighted by molar-refractivity contribution is 5.42. The average Bonchev–Trinajstić information content (AvgIpc) is 2.39. The molecular weight excluding hydrogens is 230 g/mol. The Bertz CT molecular complexity index is 503. The third-order valence-electron chi connectivity index (χ3n) is 2.37. The van der Waals surface area contributed by atoms with Crippen LogP contribution in [0.25, 0.3) is 0 Å². The third-order valence-corrected chi connectivity index (χ3v) is 2.37. The Morgan fingerprint density at radius 1 is 1.39 bits per heavy atom. The largest absolute Gasteiger partial charge is 0.481 e. The van der Waals surface area contributed by atoms with Crippen molar-refractivity contribution in [1.82, 2.24) is 15.0 Å². The highest BCUT2D eigenvalue weighted by Gasteiger charge is 2.01. The highest BCUT2D eigenvalue weighted by Crippen LogP contribution is 2.13. The number of nitrogen functional groups attached to an aromatic ring is 1. The Labute approximate surface area is 105 Å². The highest BCUT2D eigenvalue weighted by atomic mass is 16.5. The van der Waals surface area contributed by atoms with Crippen LogP contribution in [0.2, 0.25) is 0 Å². The molecule has 0 spiro atoms. The van der Waals surface area contributed by atoms with Crippen LogP contribution in [0.4, 0.5) is 11.8 Å². The van der Waals surface area contributed by atoms with Gasteiger partial charge in [-0.2, -0.15) is 9.97 Å². The lowest BCUT2D eigenvalue weighted by molar-refractivity contribution is 0.398. The molecular formula is C12H15N5O. The standard InChI is InChI=1S/C12H15N5O/c1-18-11-7-10(16-12(13)17-11)15-6-4-9-3-2-5-14-8-9/h2-3,5,7-8H,4,6H2,1H3,(H3,13,15,16,17). The zero-order valence-electron chi connectivity index (χ0n) is 10.1. The molecule has 0 saturated heterocycles. The number of anilines is 2. The number of rotatable bonds is 5. The van der Waals surface area contributed by atoms with Gasteiger partial charge < -0.3 is 15.8 Å². The van der Waals surface area contributed by atoms with Gasteiger partial charge in [0.1, 0.15) is 5.82 Å². The van der Waals surface area contributed by atoms with Gasteiger partial charge in [-0.05, 0) is 18.1 Å². The van der Waals surface area contributed by atoms with Crippen molar-refractivity contribution in [3.63, 3.8) is 0 Å². The number of hydrogen-bond donors (Lipinski definition) is 2. The van der Waals surface area contributed by atoms with Crippen LogP contribution in [0.3, 0.4) is 0 Å². The average molecular weight is 245 g/mol. The number of nitrogens with two attached hydrogens (primary N) is 1. The van der Waals surface area contributed by atoms with Crippen molar-refractivity contribution in [1.29, 1.82) is 0 Å². The predicted octanol–water partition coefficient (Wildman–Crippen LogP) is 1.12. The fraction of sp³-hybridized carbons (Fsp3) is 0.250. The maximum atomic E-state index is 5.57. The van der Waals surface area contributed by atoms with E-state index >= 15 is 0 Å². The van der Waals surface area contributed by atoms with E-state index < -0.39 is 0 Å². The topological polar surface area (TPSA) is 86.0 Å². The summed E-state index contributed by atoms with van der Waals surface area (Å²) in [4.78, 5) is 12.0. The van der Waals surface area contributed by atoms with Crippen LogP contribution in [0.5, 0.6) is 5.88 Å². The number of aromatic nitrogens is 3. The maximum absolute atomic E-state index is 5.57. The van der Waals surface area contributed by atoms with Gasteiger partial charge in [-0.25, -0.2) is 0 Å². The normalized spacial score (nSPS) is 10.1. The number of nitrogens with one attached hydrogen (secondary N) is 1. The molecule has 2 heterocycles. The molecule has 0 bridgehead atoms. The maximum Gasteiger partial charge on any atom is 0.225 e. The fourth-order valence-corrected chi connectivity index (χ4v) is 1.52. The quantitative estimate of drug-likeness (QED) is 0.820. The van der Waals surface area contributed by atoms with E-state index in [-0.39, 0.29) is 5.95 Å². The molecule has 2 rings (SSSR count). The summed E-state index contributed by atoms with van der Waals surface area (Å²) in [6.45, 7) is 0.741. The lowest BCUT2D eigenvalue weighted by atomic mass is 10.2. The minimum Gasteiger partial charge on any atom is -0.481 e. The van der Waals surface area contributed by atoms with Crippen LogP contribution in [0.1, 0.15) is 5.56 Å². The first-order valence-corrected chi connectivity index (χ1v) is 5.59. The first-order valence-electron chi connectivity index (χ1n) is 5.59. The van der Waals surface area contributed by atoms with Crippen LogP contribution in [0.15, 0.2) is 30.6 Å². The van der Waals surface area contributed by atoms with E-state index in [1.54, 1.807) is 19.4 Å². The SMILES string of the molecule is COc1cc(NCCc2cccnc2)nc(N)n1. The number of methoxy groups -OCH3 is 1. The molecule has 94 valence electrons. The fourth-order valence-electron chi connectivity index (χ4n) is 1.52. The van der Waals surface area contributed by atoms with E-state index in [9.17, 15) is 0 Å². The van der Waals surface area contributed by atoms with E-state index in [0.29, 0.717) is 11.7 Å². The van der Waals surface area contributed by atoms with Crippen molar-refractivity contribution in [2.24, 2.45) is 0 Å². The Morgan fingerprint density at radius 3 is 3.00 bits per heavy atom. The molecule has 0 aliphatic rings. The molecule has 6 nitrogen and oxygen atoms in total. The number of ether oxygens (including phenoxy) is 1. The van der Waals surface area contributed by atoms with E-state index in [1.165, 1.54) is 5.56 Å². The van der Waals surface area contributed by atoms with Gasteiger partial charge in [0.05, 0.1) is 7.11 Å². The van der Waals surface area contributed by atoms with Gasteiger partial charge in [-0.15, -0.1) is 0 Å². The van der Waals surface area contributed by atoms with Crippen LogP contribution < -0.4 is 15.8 Å². The van der Waals surface area contributed by atoms with Gasteiger partial charge in [-0.3, -0.25) is 4.98 Å². The Balaban J connectivity index is 1.92. The van der Waals surface area contributed by atoms with Gasteiger partial charge in [0.25, 0.3) is 0 Å². The van der Waals surface area contributed by atoms with Crippen LogP contribution in [-0.4, -0.2) is 28.6 Å². The molecule has 2 aromatic heterocycles. The van der Waals surface area contributed by atoms with E-state index in [0.717, 1.165) is 13.0 Å². The summed E-state index contributed by atoms with van der Waals surface area (Å²) in [5.74, 6) is 1.30. The Hall–Kier alpha value is -2.37. The summed E-state index contributed by atoms with van der Waals surface area (Å²) in [7, 11) is 1.54. The molecule has 2 aromatic rings. The second-order valence-electron chi connectivity index (χ2n) is 3.69. The molecule has 0 fully saturated rings. The third kappa shape index (κ3) is 3.31. The van der Waals surface area contributed by atoms with E-state index in [2.05, 4.69) is 20.3 Å². The Kier molecular flexibility index (Phi) is 3.90. The second kappa shape index (κ2) is 5.81. The summed E-state index contributed by atoms with van der Waals surface area (Å²) in [6.07, 6.45) is 4.46.